The van der Waals surface area contributed by atoms with Crippen LogP contribution >= 0.6 is 0 Å². The fourth-order valence-electron chi connectivity index (χ4n) is 2.82. The molecule has 2 heteroatoms. The molecular weight excluding hydrogens is 220 g/mol. The number of nitrogens with zero attached hydrogens (tertiary/aromatic N) is 1. The van der Waals surface area contributed by atoms with Crippen molar-refractivity contribution in [3.63, 3.8) is 0 Å². The summed E-state index contributed by atoms with van der Waals surface area (Å²) in [6.45, 7) is 5.76. The summed E-state index contributed by atoms with van der Waals surface area (Å²) >= 11 is 0. The van der Waals surface area contributed by atoms with Crippen molar-refractivity contribution in [2.45, 2.75) is 45.2 Å². The van der Waals surface area contributed by atoms with Crippen LogP contribution in [-0.4, -0.2) is 24.0 Å². The third-order valence-electron chi connectivity index (χ3n) is 4.12. The maximum absolute atomic E-state index is 6.05. The predicted octanol–water partition coefficient (Wildman–Crippen LogP) is 3.03. The second-order valence-corrected chi connectivity index (χ2v) is 5.61. The van der Waals surface area contributed by atoms with Crippen LogP contribution < -0.4 is 5.73 Å². The maximum atomic E-state index is 6.05. The fourth-order valence-corrected chi connectivity index (χ4v) is 2.82. The standard InChI is InChI=1S/C16H26N2/c1-2-16(17)12-14-8-10-18(11-9-14)13-15-6-4-3-5-7-15/h3-7,14,16H,2,8-13,17H2,1H3. The highest BCUT2D eigenvalue weighted by Gasteiger charge is 2.20. The molecular formula is C16H26N2. The van der Waals surface area contributed by atoms with Crippen molar-refractivity contribution in [2.24, 2.45) is 11.7 Å². The Morgan fingerprint density at radius 3 is 2.50 bits per heavy atom. The van der Waals surface area contributed by atoms with E-state index >= 15 is 0 Å². The van der Waals surface area contributed by atoms with Gasteiger partial charge >= 0.3 is 0 Å². The van der Waals surface area contributed by atoms with Crippen LogP contribution in [0.5, 0.6) is 0 Å². The lowest BCUT2D eigenvalue weighted by Gasteiger charge is -2.33. The molecule has 1 aromatic carbocycles. The first-order chi connectivity index (χ1) is 8.78. The summed E-state index contributed by atoms with van der Waals surface area (Å²) in [6.07, 6.45) is 4.97. The summed E-state index contributed by atoms with van der Waals surface area (Å²) in [5.74, 6) is 0.854. The zero-order valence-electron chi connectivity index (χ0n) is 11.5. The Balaban J connectivity index is 1.73. The van der Waals surface area contributed by atoms with Crippen LogP contribution in [0, 0.1) is 5.92 Å². The number of rotatable bonds is 5. The first-order valence-electron chi connectivity index (χ1n) is 7.29. The predicted molar refractivity (Wildman–Crippen MR) is 77.3 cm³/mol. The number of piperidine rings is 1. The summed E-state index contributed by atoms with van der Waals surface area (Å²) < 4.78 is 0. The van der Waals surface area contributed by atoms with E-state index in [1.165, 1.54) is 37.9 Å². The van der Waals surface area contributed by atoms with E-state index < -0.39 is 0 Å². The minimum absolute atomic E-state index is 0.413. The maximum Gasteiger partial charge on any atom is 0.0233 e. The van der Waals surface area contributed by atoms with Gasteiger partial charge in [-0.2, -0.15) is 0 Å². The van der Waals surface area contributed by atoms with Gasteiger partial charge in [-0.1, -0.05) is 37.3 Å². The largest absolute Gasteiger partial charge is 0.328 e. The Morgan fingerprint density at radius 2 is 1.89 bits per heavy atom. The lowest BCUT2D eigenvalue weighted by Crippen LogP contribution is -2.35. The molecule has 18 heavy (non-hydrogen) atoms. The van der Waals surface area contributed by atoms with Gasteiger partial charge in [0.25, 0.3) is 0 Å². The molecule has 1 fully saturated rings. The van der Waals surface area contributed by atoms with E-state index in [0.29, 0.717) is 6.04 Å². The van der Waals surface area contributed by atoms with Crippen LogP contribution in [0.2, 0.25) is 0 Å². The summed E-state index contributed by atoms with van der Waals surface area (Å²) in [5, 5.41) is 0. The first-order valence-corrected chi connectivity index (χ1v) is 7.29. The molecule has 2 N–H and O–H groups in total. The van der Waals surface area contributed by atoms with E-state index in [9.17, 15) is 0 Å². The van der Waals surface area contributed by atoms with Crippen LogP contribution in [0.25, 0.3) is 0 Å². The molecule has 1 aromatic rings. The van der Waals surface area contributed by atoms with Crippen molar-refractivity contribution in [3.8, 4) is 0 Å². The summed E-state index contributed by atoms with van der Waals surface area (Å²) in [4.78, 5) is 2.57. The molecule has 0 spiro atoms. The molecule has 1 aliphatic heterocycles. The topological polar surface area (TPSA) is 29.3 Å². The normalized spacial score (nSPS) is 19.9. The number of likely N-dealkylation sites (tertiary alicyclic amines) is 1. The Labute approximate surface area is 111 Å². The Bertz CT molecular complexity index is 328. The van der Waals surface area contributed by atoms with Gasteiger partial charge in [0.2, 0.25) is 0 Å². The monoisotopic (exact) mass is 246 g/mol. The minimum Gasteiger partial charge on any atom is -0.328 e. The molecule has 0 aromatic heterocycles. The second-order valence-electron chi connectivity index (χ2n) is 5.61. The second kappa shape index (κ2) is 6.91. The van der Waals surface area contributed by atoms with Gasteiger partial charge in [-0.25, -0.2) is 0 Å². The van der Waals surface area contributed by atoms with Gasteiger partial charge in [-0.15, -0.1) is 0 Å². The molecule has 0 radical (unpaired) electrons. The molecule has 0 saturated carbocycles. The average Bonchev–Trinajstić information content (AvgIpc) is 2.42. The quantitative estimate of drug-likeness (QED) is 0.865. The van der Waals surface area contributed by atoms with Crippen LogP contribution in [0.4, 0.5) is 0 Å². The van der Waals surface area contributed by atoms with Crippen molar-refractivity contribution in [2.75, 3.05) is 13.1 Å². The minimum atomic E-state index is 0.413. The fraction of sp³-hybridized carbons (Fsp3) is 0.625. The number of benzene rings is 1. The van der Waals surface area contributed by atoms with Crippen molar-refractivity contribution in [1.82, 2.24) is 4.90 Å². The Hall–Kier alpha value is -0.860. The van der Waals surface area contributed by atoms with Crippen LogP contribution in [0.3, 0.4) is 0 Å². The van der Waals surface area contributed by atoms with Gasteiger partial charge in [0.15, 0.2) is 0 Å². The van der Waals surface area contributed by atoms with E-state index in [4.69, 9.17) is 5.73 Å². The SMILES string of the molecule is CCC(N)CC1CCN(Cc2ccccc2)CC1. The van der Waals surface area contributed by atoms with Gasteiger partial charge in [0.1, 0.15) is 0 Å². The Morgan fingerprint density at radius 1 is 1.22 bits per heavy atom. The van der Waals surface area contributed by atoms with Gasteiger partial charge in [0, 0.05) is 12.6 Å². The molecule has 0 bridgehead atoms. The molecule has 1 saturated heterocycles. The highest BCUT2D eigenvalue weighted by atomic mass is 15.1. The van der Waals surface area contributed by atoms with Crippen LogP contribution in [0.1, 0.15) is 38.2 Å². The molecule has 2 rings (SSSR count). The lowest BCUT2D eigenvalue weighted by molar-refractivity contribution is 0.167. The third kappa shape index (κ3) is 4.11. The Kier molecular flexibility index (Phi) is 5.21. The number of nitrogens with two attached hydrogens (primary N) is 1. The third-order valence-corrected chi connectivity index (χ3v) is 4.12. The molecule has 1 aliphatic rings. The number of hydrogen-bond donors (Lipinski definition) is 1. The van der Waals surface area contributed by atoms with Crippen LogP contribution in [-0.2, 0) is 6.54 Å². The van der Waals surface area contributed by atoms with E-state index in [1.807, 2.05) is 0 Å². The highest BCUT2D eigenvalue weighted by Crippen LogP contribution is 2.23. The first kappa shape index (κ1) is 13.6. The van der Waals surface area contributed by atoms with Gasteiger partial charge in [-0.3, -0.25) is 4.90 Å². The molecule has 1 heterocycles. The molecule has 0 aliphatic carbocycles. The summed E-state index contributed by atoms with van der Waals surface area (Å²) in [7, 11) is 0. The zero-order chi connectivity index (χ0) is 12.8. The van der Waals surface area contributed by atoms with Crippen molar-refractivity contribution in [1.29, 1.82) is 0 Å². The molecule has 0 amide bonds. The molecule has 1 unspecified atom stereocenters. The highest BCUT2D eigenvalue weighted by molar-refractivity contribution is 5.14. The van der Waals surface area contributed by atoms with Crippen LogP contribution in [0.15, 0.2) is 30.3 Å². The summed E-state index contributed by atoms with van der Waals surface area (Å²) in [5.41, 5.74) is 7.48. The summed E-state index contributed by atoms with van der Waals surface area (Å²) in [6, 6.07) is 11.2. The zero-order valence-corrected chi connectivity index (χ0v) is 11.5. The molecule has 1 atom stereocenters. The lowest BCUT2D eigenvalue weighted by atomic mass is 9.89. The van der Waals surface area contributed by atoms with Crippen molar-refractivity contribution in [3.05, 3.63) is 35.9 Å². The van der Waals surface area contributed by atoms with Gasteiger partial charge in [0.05, 0.1) is 0 Å². The number of hydrogen-bond acceptors (Lipinski definition) is 2. The van der Waals surface area contributed by atoms with Crippen molar-refractivity contribution >= 4 is 0 Å². The van der Waals surface area contributed by atoms with Crippen molar-refractivity contribution < 1.29 is 0 Å². The van der Waals surface area contributed by atoms with Gasteiger partial charge in [-0.05, 0) is 50.3 Å². The van der Waals surface area contributed by atoms with E-state index in [-0.39, 0.29) is 0 Å². The smallest absolute Gasteiger partial charge is 0.0233 e. The molecule has 2 nitrogen and oxygen atoms in total. The average molecular weight is 246 g/mol. The van der Waals surface area contributed by atoms with E-state index in [0.717, 1.165) is 18.9 Å². The van der Waals surface area contributed by atoms with E-state index in [1.54, 1.807) is 0 Å². The molecule has 100 valence electrons. The van der Waals surface area contributed by atoms with E-state index in [2.05, 4.69) is 42.2 Å². The van der Waals surface area contributed by atoms with Gasteiger partial charge < -0.3 is 5.73 Å².